The van der Waals surface area contributed by atoms with Crippen molar-refractivity contribution in [1.82, 2.24) is 0 Å². The summed E-state index contributed by atoms with van der Waals surface area (Å²) in [4.78, 5) is 51.0. The molecule has 0 saturated heterocycles. The second-order valence-electron chi connectivity index (χ2n) is 7.90. The van der Waals surface area contributed by atoms with Crippen LogP contribution >= 0.6 is 23.2 Å². The Morgan fingerprint density at radius 2 is 1.49 bits per heavy atom. The number of anilines is 2. The lowest BCUT2D eigenvalue weighted by atomic mass is 10.2. The third kappa shape index (κ3) is 5.50. The molecular formula is C27H20Cl2N2O6. The van der Waals surface area contributed by atoms with Crippen LogP contribution in [-0.4, -0.2) is 30.4 Å². The molecule has 0 aliphatic carbocycles. The summed E-state index contributed by atoms with van der Waals surface area (Å²) in [7, 11) is 0. The summed E-state index contributed by atoms with van der Waals surface area (Å²) in [6.07, 6.45) is 0. The molecule has 10 heteroatoms. The molecule has 3 aromatic carbocycles. The highest BCUT2D eigenvalue weighted by atomic mass is 35.5. The van der Waals surface area contributed by atoms with Gasteiger partial charge in [-0.3, -0.25) is 9.59 Å². The Labute approximate surface area is 222 Å². The number of carbonyl (C=O) groups excluding carboxylic acids is 4. The molecule has 0 atom stereocenters. The van der Waals surface area contributed by atoms with E-state index >= 15 is 0 Å². The minimum absolute atomic E-state index is 0.117. The first-order valence-electron chi connectivity index (χ1n) is 11.1. The molecule has 0 bridgehead atoms. The third-order valence-corrected chi connectivity index (χ3v) is 6.17. The number of hydrogen-bond donors (Lipinski definition) is 1. The van der Waals surface area contributed by atoms with Gasteiger partial charge in [0.1, 0.15) is 16.5 Å². The van der Waals surface area contributed by atoms with E-state index in [0.717, 1.165) is 10.5 Å². The molecule has 1 heterocycles. The van der Waals surface area contributed by atoms with Crippen LogP contribution in [0.3, 0.4) is 0 Å². The van der Waals surface area contributed by atoms with E-state index in [4.69, 9.17) is 32.7 Å². The molecule has 0 unspecified atom stereocenters. The summed E-state index contributed by atoms with van der Waals surface area (Å²) < 4.78 is 10.3. The number of nitrogens with zero attached hydrogens (tertiary/aromatic N) is 1. The number of esters is 2. The predicted octanol–water partition coefficient (Wildman–Crippen LogP) is 5.48. The average molecular weight is 539 g/mol. The molecule has 188 valence electrons. The van der Waals surface area contributed by atoms with E-state index in [2.05, 4.69) is 5.32 Å². The Balaban J connectivity index is 1.45. The number of imide groups is 1. The highest BCUT2D eigenvalue weighted by Crippen LogP contribution is 2.30. The molecule has 0 saturated carbocycles. The SMILES string of the molecule is CCOC(=O)c1ccc(N2C(=O)C(Cl)=C(Nc3ccc(C(=O)Oc4ccc(Cl)c(C)c4)cc3)C2=O)cc1. The minimum Gasteiger partial charge on any atom is -0.462 e. The second-order valence-corrected chi connectivity index (χ2v) is 8.69. The number of ether oxygens (including phenoxy) is 2. The summed E-state index contributed by atoms with van der Waals surface area (Å²) in [5.41, 5.74) is 1.88. The van der Waals surface area contributed by atoms with Gasteiger partial charge in [-0.05, 0) is 86.1 Å². The zero-order valence-electron chi connectivity index (χ0n) is 19.7. The number of halogens is 2. The monoisotopic (exact) mass is 538 g/mol. The smallest absolute Gasteiger partial charge is 0.343 e. The zero-order valence-corrected chi connectivity index (χ0v) is 21.2. The van der Waals surface area contributed by atoms with Gasteiger partial charge in [-0.25, -0.2) is 14.5 Å². The Bertz CT molecular complexity index is 1430. The molecular weight excluding hydrogens is 519 g/mol. The van der Waals surface area contributed by atoms with Gasteiger partial charge >= 0.3 is 11.9 Å². The van der Waals surface area contributed by atoms with Gasteiger partial charge in [-0.1, -0.05) is 23.2 Å². The summed E-state index contributed by atoms with van der Waals surface area (Å²) in [6, 6.07) is 16.8. The van der Waals surface area contributed by atoms with Gasteiger partial charge in [0.25, 0.3) is 11.8 Å². The normalized spacial score (nSPS) is 13.1. The van der Waals surface area contributed by atoms with Crippen LogP contribution < -0.4 is 15.0 Å². The van der Waals surface area contributed by atoms with Crippen LogP contribution in [-0.2, 0) is 14.3 Å². The summed E-state index contributed by atoms with van der Waals surface area (Å²) >= 11 is 12.2. The molecule has 1 aliphatic heterocycles. The van der Waals surface area contributed by atoms with Gasteiger partial charge < -0.3 is 14.8 Å². The number of amides is 2. The van der Waals surface area contributed by atoms with Crippen molar-refractivity contribution < 1.29 is 28.7 Å². The quantitative estimate of drug-likeness (QED) is 0.241. The molecule has 37 heavy (non-hydrogen) atoms. The first-order chi connectivity index (χ1) is 17.7. The Hall–Kier alpha value is -4.14. The maximum Gasteiger partial charge on any atom is 0.343 e. The van der Waals surface area contributed by atoms with E-state index in [0.29, 0.717) is 16.5 Å². The number of aryl methyl sites for hydroxylation is 1. The number of rotatable bonds is 7. The van der Waals surface area contributed by atoms with Crippen molar-refractivity contribution in [3.05, 3.63) is 99.2 Å². The van der Waals surface area contributed by atoms with Crippen LogP contribution in [0.2, 0.25) is 5.02 Å². The Kier molecular flexibility index (Phi) is 7.61. The Morgan fingerprint density at radius 1 is 0.865 bits per heavy atom. The van der Waals surface area contributed by atoms with Gasteiger partial charge in [0, 0.05) is 10.7 Å². The van der Waals surface area contributed by atoms with Gasteiger partial charge in [0.05, 0.1) is 23.4 Å². The number of benzene rings is 3. The topological polar surface area (TPSA) is 102 Å². The van der Waals surface area contributed by atoms with Crippen LogP contribution in [0.4, 0.5) is 11.4 Å². The number of nitrogens with one attached hydrogen (secondary N) is 1. The molecule has 3 aromatic rings. The van der Waals surface area contributed by atoms with Crippen LogP contribution in [0.25, 0.3) is 0 Å². The van der Waals surface area contributed by atoms with Crippen molar-refractivity contribution in [2.45, 2.75) is 13.8 Å². The summed E-state index contributed by atoms with van der Waals surface area (Å²) in [5.74, 6) is -2.11. The first-order valence-corrected chi connectivity index (χ1v) is 11.9. The fourth-order valence-electron chi connectivity index (χ4n) is 3.49. The average Bonchev–Trinajstić information content (AvgIpc) is 3.10. The molecule has 0 spiro atoms. The van der Waals surface area contributed by atoms with E-state index in [-0.39, 0.29) is 34.2 Å². The maximum absolute atomic E-state index is 13.0. The van der Waals surface area contributed by atoms with E-state index in [1.165, 1.54) is 36.4 Å². The van der Waals surface area contributed by atoms with E-state index in [9.17, 15) is 19.2 Å². The standard InChI is InChI=1S/C27H20Cl2N2O6/c1-3-36-26(34)16-6-10-19(11-7-16)31-24(32)22(29)23(25(31)33)30-18-8-4-17(5-9-18)27(35)37-20-12-13-21(28)15(2)14-20/h4-14,30H,3H2,1-2H3. The molecule has 0 radical (unpaired) electrons. The summed E-state index contributed by atoms with van der Waals surface area (Å²) in [5, 5.41) is 3.12. The molecule has 1 aliphatic rings. The fraction of sp³-hybridized carbons (Fsp3) is 0.111. The lowest BCUT2D eigenvalue weighted by Gasteiger charge is -2.15. The number of carbonyl (C=O) groups is 4. The van der Waals surface area contributed by atoms with Gasteiger partial charge in [0.2, 0.25) is 0 Å². The van der Waals surface area contributed by atoms with Crippen molar-refractivity contribution >= 4 is 58.3 Å². The molecule has 2 amide bonds. The lowest BCUT2D eigenvalue weighted by molar-refractivity contribution is -0.120. The highest BCUT2D eigenvalue weighted by Gasteiger charge is 2.39. The van der Waals surface area contributed by atoms with Crippen molar-refractivity contribution in [3.63, 3.8) is 0 Å². The zero-order chi connectivity index (χ0) is 26.7. The maximum atomic E-state index is 13.0. The molecule has 4 rings (SSSR count). The van der Waals surface area contributed by atoms with E-state index in [1.807, 2.05) is 0 Å². The van der Waals surface area contributed by atoms with E-state index in [1.54, 1.807) is 44.2 Å². The second kappa shape index (κ2) is 10.9. The van der Waals surface area contributed by atoms with Crippen LogP contribution in [0.1, 0.15) is 33.2 Å². The molecule has 0 aromatic heterocycles. The summed E-state index contributed by atoms with van der Waals surface area (Å²) in [6.45, 7) is 3.72. The molecule has 8 nitrogen and oxygen atoms in total. The molecule has 1 N–H and O–H groups in total. The largest absolute Gasteiger partial charge is 0.462 e. The van der Waals surface area contributed by atoms with Crippen molar-refractivity contribution in [2.75, 3.05) is 16.8 Å². The van der Waals surface area contributed by atoms with Crippen molar-refractivity contribution in [3.8, 4) is 5.75 Å². The first kappa shape index (κ1) is 25.9. The van der Waals surface area contributed by atoms with Crippen LogP contribution in [0.15, 0.2) is 77.5 Å². The Morgan fingerprint density at radius 3 is 2.11 bits per heavy atom. The minimum atomic E-state index is -0.712. The van der Waals surface area contributed by atoms with E-state index < -0.39 is 23.8 Å². The van der Waals surface area contributed by atoms with Gasteiger partial charge in [-0.15, -0.1) is 0 Å². The highest BCUT2D eigenvalue weighted by molar-refractivity contribution is 6.53. The van der Waals surface area contributed by atoms with Crippen LogP contribution in [0.5, 0.6) is 5.75 Å². The van der Waals surface area contributed by atoms with Crippen molar-refractivity contribution in [2.24, 2.45) is 0 Å². The fourth-order valence-corrected chi connectivity index (χ4v) is 3.82. The van der Waals surface area contributed by atoms with Crippen LogP contribution in [0, 0.1) is 6.92 Å². The number of hydrogen-bond acceptors (Lipinski definition) is 7. The van der Waals surface area contributed by atoms with Gasteiger partial charge in [-0.2, -0.15) is 0 Å². The van der Waals surface area contributed by atoms with Gasteiger partial charge in [0.15, 0.2) is 0 Å². The molecule has 0 fully saturated rings. The van der Waals surface area contributed by atoms with Crippen molar-refractivity contribution in [1.29, 1.82) is 0 Å². The third-order valence-electron chi connectivity index (χ3n) is 5.39. The lowest BCUT2D eigenvalue weighted by Crippen LogP contribution is -2.32. The predicted molar refractivity (Wildman–Crippen MR) is 139 cm³/mol.